The van der Waals surface area contributed by atoms with Crippen molar-refractivity contribution in [2.24, 2.45) is 0 Å². The molecule has 0 aromatic heterocycles. The zero-order valence-corrected chi connectivity index (χ0v) is 13.1. The van der Waals surface area contributed by atoms with Crippen LogP contribution in [-0.2, 0) is 30.4 Å². The molecule has 134 valence electrons. The molecule has 1 aliphatic heterocycles. The maximum absolute atomic E-state index is 11.5. The van der Waals surface area contributed by atoms with Gasteiger partial charge in [-0.1, -0.05) is 12.1 Å². The molecule has 0 radical (unpaired) electrons. The van der Waals surface area contributed by atoms with Gasteiger partial charge in [-0.2, -0.15) is 0 Å². The molecular formula is C15H15NO9. The number of carbonyl (C=O) groups is 2. The van der Waals surface area contributed by atoms with E-state index in [4.69, 9.17) is 9.47 Å². The zero-order chi connectivity index (χ0) is 18.6. The maximum atomic E-state index is 11.5. The number of benzene rings is 1. The summed E-state index contributed by atoms with van der Waals surface area (Å²) in [6, 6.07) is 5.75. The summed E-state index contributed by atoms with van der Waals surface area (Å²) in [5.74, 6) is -3.02. The van der Waals surface area contributed by atoms with E-state index < -0.39 is 41.4 Å². The van der Waals surface area contributed by atoms with Crippen molar-refractivity contribution in [3.8, 4) is 0 Å². The summed E-state index contributed by atoms with van der Waals surface area (Å²) in [6.07, 6.45) is -2.87. The number of cyclic esters (lactones) is 1. The van der Waals surface area contributed by atoms with Crippen LogP contribution in [0.2, 0.25) is 0 Å². The molecular weight excluding hydrogens is 338 g/mol. The van der Waals surface area contributed by atoms with E-state index in [1.165, 1.54) is 18.2 Å². The van der Waals surface area contributed by atoms with Crippen molar-refractivity contribution in [1.29, 1.82) is 0 Å². The maximum Gasteiger partial charge on any atom is 0.378 e. The second kappa shape index (κ2) is 7.62. The second-order valence-corrected chi connectivity index (χ2v) is 5.08. The summed E-state index contributed by atoms with van der Waals surface area (Å²) in [4.78, 5) is 32.7. The third-order valence-electron chi connectivity index (χ3n) is 3.30. The normalized spacial score (nSPS) is 17.8. The number of hydrogen-bond donors (Lipinski definition) is 2. The van der Waals surface area contributed by atoms with Gasteiger partial charge in [0.15, 0.2) is 11.9 Å². The minimum atomic E-state index is -1.47. The zero-order valence-electron chi connectivity index (χ0n) is 13.1. The Labute approximate surface area is 141 Å². The number of rotatable bonds is 7. The van der Waals surface area contributed by atoms with Gasteiger partial charge in [0.2, 0.25) is 5.76 Å². The highest BCUT2D eigenvalue weighted by molar-refractivity contribution is 5.89. The number of hydrogen-bond acceptors (Lipinski definition) is 9. The highest BCUT2D eigenvalue weighted by atomic mass is 16.6. The molecule has 0 saturated carbocycles. The summed E-state index contributed by atoms with van der Waals surface area (Å²) in [5, 5.41) is 30.7. The number of aliphatic hydroxyl groups is 2. The molecule has 10 heteroatoms. The fourth-order valence-corrected chi connectivity index (χ4v) is 2.12. The van der Waals surface area contributed by atoms with Gasteiger partial charge in [-0.05, 0) is 6.07 Å². The summed E-state index contributed by atoms with van der Waals surface area (Å²) in [7, 11) is 0. The first-order valence-corrected chi connectivity index (χ1v) is 7.12. The summed E-state index contributed by atoms with van der Waals surface area (Å²) in [5.41, 5.74) is -0.00906. The van der Waals surface area contributed by atoms with Crippen LogP contribution in [0, 0.1) is 10.1 Å². The topological polar surface area (TPSA) is 145 Å². The SMILES string of the molecule is CC(=O)OCC(O)C1OC(=O)C(O)=C1OCc1ccccc1[N+](=O)[O-]. The van der Waals surface area contributed by atoms with E-state index in [-0.39, 0.29) is 23.6 Å². The molecule has 2 unspecified atom stereocenters. The van der Waals surface area contributed by atoms with Gasteiger partial charge < -0.3 is 24.4 Å². The lowest BCUT2D eigenvalue weighted by Crippen LogP contribution is -2.34. The van der Waals surface area contributed by atoms with Crippen LogP contribution in [-0.4, -0.2) is 45.9 Å². The van der Waals surface area contributed by atoms with Crippen LogP contribution in [0.25, 0.3) is 0 Å². The first-order valence-electron chi connectivity index (χ1n) is 7.12. The van der Waals surface area contributed by atoms with Crippen LogP contribution in [0.3, 0.4) is 0 Å². The number of nitrogens with zero attached hydrogens (tertiary/aromatic N) is 1. The monoisotopic (exact) mass is 353 g/mol. The van der Waals surface area contributed by atoms with E-state index in [0.29, 0.717) is 0 Å². The molecule has 10 nitrogen and oxygen atoms in total. The van der Waals surface area contributed by atoms with Gasteiger partial charge in [-0.3, -0.25) is 14.9 Å². The van der Waals surface area contributed by atoms with Gasteiger partial charge in [0, 0.05) is 13.0 Å². The average Bonchev–Trinajstić information content (AvgIpc) is 2.86. The van der Waals surface area contributed by atoms with Gasteiger partial charge in [-0.15, -0.1) is 0 Å². The van der Waals surface area contributed by atoms with Gasteiger partial charge in [0.25, 0.3) is 5.69 Å². The van der Waals surface area contributed by atoms with Crippen molar-refractivity contribution in [3.63, 3.8) is 0 Å². The van der Waals surface area contributed by atoms with Crippen molar-refractivity contribution < 1.29 is 38.9 Å². The molecule has 0 saturated heterocycles. The number of ether oxygens (including phenoxy) is 3. The lowest BCUT2D eigenvalue weighted by atomic mass is 10.1. The Morgan fingerprint density at radius 3 is 2.76 bits per heavy atom. The number of esters is 2. The van der Waals surface area contributed by atoms with Crippen LogP contribution in [0.5, 0.6) is 0 Å². The quantitative estimate of drug-likeness (QED) is 0.411. The molecule has 0 spiro atoms. The van der Waals surface area contributed by atoms with E-state index in [0.717, 1.165) is 6.92 Å². The Morgan fingerprint density at radius 2 is 2.12 bits per heavy atom. The molecule has 0 bridgehead atoms. The number of nitro groups is 1. The largest absolute Gasteiger partial charge is 0.499 e. The van der Waals surface area contributed by atoms with E-state index >= 15 is 0 Å². The van der Waals surface area contributed by atoms with E-state index in [1.807, 2.05) is 0 Å². The lowest BCUT2D eigenvalue weighted by Gasteiger charge is -2.19. The molecule has 2 rings (SSSR count). The van der Waals surface area contributed by atoms with E-state index in [2.05, 4.69) is 4.74 Å². The fourth-order valence-electron chi connectivity index (χ4n) is 2.12. The number of aliphatic hydroxyl groups excluding tert-OH is 2. The second-order valence-electron chi connectivity index (χ2n) is 5.08. The summed E-state index contributed by atoms with van der Waals surface area (Å²) < 4.78 is 14.7. The molecule has 0 aliphatic carbocycles. The van der Waals surface area contributed by atoms with E-state index in [9.17, 15) is 29.9 Å². The van der Waals surface area contributed by atoms with Crippen molar-refractivity contribution in [2.75, 3.05) is 6.61 Å². The lowest BCUT2D eigenvalue weighted by molar-refractivity contribution is -0.385. The molecule has 25 heavy (non-hydrogen) atoms. The Balaban J connectivity index is 2.14. The number of carbonyl (C=O) groups excluding carboxylic acids is 2. The molecule has 1 heterocycles. The summed E-state index contributed by atoms with van der Waals surface area (Å²) >= 11 is 0. The van der Waals surface area contributed by atoms with Crippen molar-refractivity contribution in [2.45, 2.75) is 25.7 Å². The molecule has 0 fully saturated rings. The minimum absolute atomic E-state index is 0.195. The number of para-hydroxylation sites is 1. The predicted molar refractivity (Wildman–Crippen MR) is 80.1 cm³/mol. The first-order chi connectivity index (χ1) is 11.8. The predicted octanol–water partition coefficient (Wildman–Crippen LogP) is 0.730. The standard InChI is InChI=1S/C15H15NO9/c1-8(17)23-7-11(18)13-14(12(19)15(20)25-13)24-6-9-4-2-3-5-10(9)16(21)22/h2-5,11,13,18-19H,6-7H2,1H3. The fraction of sp³-hybridized carbons (Fsp3) is 0.333. The van der Waals surface area contributed by atoms with E-state index in [1.54, 1.807) is 6.07 Å². The number of nitro benzene ring substituents is 1. The van der Waals surface area contributed by atoms with Crippen LogP contribution >= 0.6 is 0 Å². The summed E-state index contributed by atoms with van der Waals surface area (Å²) in [6.45, 7) is 0.301. The van der Waals surface area contributed by atoms with Crippen LogP contribution in [0.4, 0.5) is 5.69 Å². The minimum Gasteiger partial charge on any atom is -0.499 e. The molecule has 2 N–H and O–H groups in total. The third-order valence-corrected chi connectivity index (χ3v) is 3.30. The molecule has 1 aromatic carbocycles. The van der Waals surface area contributed by atoms with Crippen molar-refractivity contribution >= 4 is 17.6 Å². The smallest absolute Gasteiger partial charge is 0.378 e. The Bertz CT molecular complexity index is 727. The van der Waals surface area contributed by atoms with Gasteiger partial charge >= 0.3 is 11.9 Å². The highest BCUT2D eigenvalue weighted by Crippen LogP contribution is 2.27. The van der Waals surface area contributed by atoms with Crippen molar-refractivity contribution in [3.05, 3.63) is 51.5 Å². The first kappa shape index (κ1) is 18.2. The van der Waals surface area contributed by atoms with Gasteiger partial charge in [-0.25, -0.2) is 4.79 Å². The third kappa shape index (κ3) is 4.23. The van der Waals surface area contributed by atoms with Crippen LogP contribution < -0.4 is 0 Å². The van der Waals surface area contributed by atoms with Crippen LogP contribution in [0.1, 0.15) is 12.5 Å². The Hall–Kier alpha value is -3.14. The Morgan fingerprint density at radius 1 is 1.44 bits per heavy atom. The molecule has 0 amide bonds. The van der Waals surface area contributed by atoms with Gasteiger partial charge in [0.1, 0.15) is 19.3 Å². The Kier molecular flexibility index (Phi) is 5.55. The average molecular weight is 353 g/mol. The van der Waals surface area contributed by atoms with Gasteiger partial charge in [0.05, 0.1) is 10.5 Å². The molecule has 1 aliphatic rings. The van der Waals surface area contributed by atoms with Crippen LogP contribution in [0.15, 0.2) is 35.8 Å². The molecule has 1 aromatic rings. The molecule has 2 atom stereocenters. The van der Waals surface area contributed by atoms with Crippen molar-refractivity contribution in [1.82, 2.24) is 0 Å². The highest BCUT2D eigenvalue weighted by Gasteiger charge is 2.41.